The second-order valence-electron chi connectivity index (χ2n) is 4.06. The van der Waals surface area contributed by atoms with Crippen molar-refractivity contribution in [2.24, 2.45) is 0 Å². The van der Waals surface area contributed by atoms with Crippen molar-refractivity contribution < 1.29 is 35.3 Å². The first-order valence-electron chi connectivity index (χ1n) is 6.63. The second kappa shape index (κ2) is 17.0. The fourth-order valence-electron chi connectivity index (χ4n) is 1.51. The molecule has 112 valence electrons. The summed E-state index contributed by atoms with van der Waals surface area (Å²) in [6, 6.07) is 16.6. The Bertz CT molecular complexity index is 395. The number of halogens is 2. The number of allylic oxidation sites excluding steroid dienone is 2. The zero-order valence-electron chi connectivity index (χ0n) is 12.6. The van der Waals surface area contributed by atoms with E-state index >= 15 is 0 Å². The van der Waals surface area contributed by atoms with E-state index in [2.05, 4.69) is 86.7 Å². The van der Waals surface area contributed by atoms with Crippen molar-refractivity contribution in [2.75, 3.05) is 0 Å². The molecule has 0 heterocycles. The molecule has 0 aliphatic heterocycles. The largest absolute Gasteiger partial charge is 4.00 e. The van der Waals surface area contributed by atoms with Crippen LogP contribution in [0.3, 0.4) is 0 Å². The Balaban J connectivity index is -0.000000270. The minimum Gasteiger partial charge on any atom is -1.00 e. The molecule has 0 bridgehead atoms. The van der Waals surface area contributed by atoms with Gasteiger partial charge in [-0.05, 0) is 12.8 Å². The van der Waals surface area contributed by atoms with Gasteiger partial charge in [-0.3, -0.25) is 0 Å². The van der Waals surface area contributed by atoms with E-state index in [4.69, 9.17) is 0 Å². The molecule has 0 nitrogen and oxygen atoms in total. The van der Waals surface area contributed by atoms with Crippen molar-refractivity contribution in [1.29, 1.82) is 0 Å². The Morgan fingerprint density at radius 1 is 0.810 bits per heavy atom. The molecule has 0 aromatic heterocycles. The van der Waals surface area contributed by atoms with Crippen LogP contribution < -0.4 is 9.41 Å². The molecule has 0 spiro atoms. The van der Waals surface area contributed by atoms with Crippen molar-refractivity contribution >= 4 is 12.2 Å². The van der Waals surface area contributed by atoms with Gasteiger partial charge in [0.05, 0.1) is 0 Å². The summed E-state index contributed by atoms with van der Waals surface area (Å²) in [6.07, 6.45) is 10.8. The number of rotatable bonds is 4. The average Bonchev–Trinajstić information content (AvgIpc) is 3.07. The monoisotopic (exact) mass is 456 g/mol. The number of hydrogen-bond acceptors (Lipinski definition) is 0. The molecule has 2 aromatic rings. The van der Waals surface area contributed by atoms with Crippen molar-refractivity contribution in [3.63, 3.8) is 0 Å². The summed E-state index contributed by atoms with van der Waals surface area (Å²) >= 11 is 0. The average molecular weight is 455 g/mol. The molecule has 0 amide bonds. The quantitative estimate of drug-likeness (QED) is 0.438. The van der Waals surface area contributed by atoms with Gasteiger partial charge in [-0.2, -0.15) is 47.5 Å². The topological polar surface area (TPSA) is 0 Å². The first kappa shape index (κ1) is 24.9. The van der Waals surface area contributed by atoms with E-state index in [1.165, 1.54) is 11.1 Å². The van der Waals surface area contributed by atoms with Crippen LogP contribution in [0.2, 0.25) is 0 Å². The Labute approximate surface area is 145 Å². The van der Waals surface area contributed by atoms with E-state index < -0.39 is 0 Å². The van der Waals surface area contributed by atoms with E-state index in [-0.39, 0.29) is 35.3 Å². The van der Waals surface area contributed by atoms with Crippen molar-refractivity contribution in [3.8, 4) is 0 Å². The molecule has 0 atom stereocenters. The van der Waals surface area contributed by atoms with Crippen LogP contribution in [-0.4, -0.2) is 0 Å². The van der Waals surface area contributed by atoms with Gasteiger partial charge in [0.15, 0.2) is 0 Å². The maximum absolute atomic E-state index is 2.16. The maximum atomic E-state index is 2.16. The maximum Gasteiger partial charge on any atom is 4.00 e. The first-order chi connectivity index (χ1) is 8.86. The van der Waals surface area contributed by atoms with E-state index in [9.17, 15) is 0 Å². The number of hydrogen-bond donors (Lipinski definition) is 0. The zero-order valence-corrected chi connectivity index (χ0v) is 16.2. The van der Waals surface area contributed by atoms with Gasteiger partial charge in [0, 0.05) is 0 Å². The van der Waals surface area contributed by atoms with E-state index in [1.54, 1.807) is 0 Å². The van der Waals surface area contributed by atoms with Crippen molar-refractivity contribution in [2.45, 2.75) is 26.7 Å². The molecular weight excluding hydrogens is 433 g/mol. The third kappa shape index (κ3) is 12.4. The van der Waals surface area contributed by atoms with Gasteiger partial charge >= 0.3 is 25.8 Å². The Morgan fingerprint density at radius 3 is 1.43 bits per heavy atom. The van der Waals surface area contributed by atoms with Crippen LogP contribution in [0, 0.1) is 0 Å². The van der Waals surface area contributed by atoms with Crippen LogP contribution in [0.4, 0.5) is 0 Å². The van der Waals surface area contributed by atoms with Gasteiger partial charge < -0.3 is 9.41 Å². The van der Waals surface area contributed by atoms with Gasteiger partial charge in [-0.15, -0.1) is 12.2 Å². The van der Waals surface area contributed by atoms with Crippen LogP contribution in [-0.2, 0) is 25.8 Å². The fourth-order valence-corrected chi connectivity index (χ4v) is 1.51. The van der Waals surface area contributed by atoms with Crippen LogP contribution >= 0.6 is 0 Å². The van der Waals surface area contributed by atoms with Gasteiger partial charge in [0.1, 0.15) is 0 Å². The third-order valence-electron chi connectivity index (χ3n) is 2.47. The summed E-state index contributed by atoms with van der Waals surface area (Å²) in [5.74, 6) is 0. The molecule has 0 aliphatic rings. The van der Waals surface area contributed by atoms with Gasteiger partial charge in [0.25, 0.3) is 0 Å². The van der Waals surface area contributed by atoms with Crippen molar-refractivity contribution in [3.05, 3.63) is 71.8 Å². The Morgan fingerprint density at radius 2 is 1.19 bits per heavy atom. The summed E-state index contributed by atoms with van der Waals surface area (Å²) in [5, 5.41) is 0. The zero-order chi connectivity index (χ0) is 13.1. The fraction of sp³-hybridized carbons (Fsp3) is 0.222. The van der Waals surface area contributed by atoms with Gasteiger partial charge in [-0.1, -0.05) is 26.0 Å². The summed E-state index contributed by atoms with van der Waals surface area (Å²) < 4.78 is 0. The summed E-state index contributed by atoms with van der Waals surface area (Å²) in [7, 11) is 0. The summed E-state index contributed by atoms with van der Waals surface area (Å²) in [5.41, 5.74) is 2.61. The summed E-state index contributed by atoms with van der Waals surface area (Å²) in [6.45, 7) is 4.28. The summed E-state index contributed by atoms with van der Waals surface area (Å²) in [4.78, 5) is 0. The van der Waals surface area contributed by atoms with E-state index in [1.807, 2.05) is 0 Å². The Kier molecular flexibility index (Phi) is 20.1. The Hall–Kier alpha value is -1.09. The minimum atomic E-state index is 0. The van der Waals surface area contributed by atoms with Crippen LogP contribution in [0.25, 0.3) is 12.2 Å². The molecule has 21 heavy (non-hydrogen) atoms. The standard InChI is InChI=1S/2C9H11.2FH.Hf/c2*1-2-3-6-9-7-4-5-8-9;;;/h2*3-8H,2H2,1H3;2*1H;/q2*-1;;;+4/p-2. The molecule has 0 saturated carbocycles. The van der Waals surface area contributed by atoms with Gasteiger partial charge in [-0.25, -0.2) is 12.1 Å². The molecule has 3 heteroatoms. The van der Waals surface area contributed by atoms with E-state index in [0.717, 1.165) is 12.8 Å². The molecule has 0 radical (unpaired) electrons. The molecule has 0 fully saturated rings. The predicted octanol–water partition coefficient (Wildman–Crippen LogP) is -0.337. The molecule has 0 N–H and O–H groups in total. The first-order valence-corrected chi connectivity index (χ1v) is 6.63. The minimum absolute atomic E-state index is 0. The molecule has 2 rings (SSSR count). The molecule has 0 unspecified atom stereocenters. The normalized spacial score (nSPS) is 9.24. The molecule has 0 saturated heterocycles. The van der Waals surface area contributed by atoms with Gasteiger partial charge in [0.2, 0.25) is 0 Å². The molecule has 0 aliphatic carbocycles. The smallest absolute Gasteiger partial charge is 1.00 e. The third-order valence-corrected chi connectivity index (χ3v) is 2.47. The molecular formula is C18H22F2Hf. The molecule has 2 aromatic carbocycles. The van der Waals surface area contributed by atoms with E-state index in [0.29, 0.717) is 0 Å². The SMILES string of the molecule is CCC=Cc1cc[cH-]c1.CCC=Cc1cc[cH-]c1.[F-].[F-].[Hf+4]. The second-order valence-corrected chi connectivity index (χ2v) is 4.06. The van der Waals surface area contributed by atoms with Crippen LogP contribution in [0.1, 0.15) is 37.8 Å². The predicted molar refractivity (Wildman–Crippen MR) is 82.7 cm³/mol. The van der Waals surface area contributed by atoms with Crippen molar-refractivity contribution in [1.82, 2.24) is 0 Å². The van der Waals surface area contributed by atoms with Crippen LogP contribution in [0.5, 0.6) is 0 Å². The van der Waals surface area contributed by atoms with Crippen LogP contribution in [0.15, 0.2) is 60.7 Å².